The van der Waals surface area contributed by atoms with Gasteiger partial charge in [0.05, 0.1) is 57.4 Å². The van der Waals surface area contributed by atoms with Gasteiger partial charge in [0.25, 0.3) is 25.9 Å². The van der Waals surface area contributed by atoms with Crippen molar-refractivity contribution in [2.45, 2.75) is 83.0 Å². The van der Waals surface area contributed by atoms with Crippen LogP contribution in [0.5, 0.6) is 11.5 Å². The number of nitriles is 1. The van der Waals surface area contributed by atoms with Crippen LogP contribution in [0.3, 0.4) is 0 Å². The molecule has 6 aromatic rings. The molecule has 4 heterocycles. The molecule has 4 aromatic carbocycles. The summed E-state index contributed by atoms with van der Waals surface area (Å²) in [6.07, 6.45) is -2.97. The van der Waals surface area contributed by atoms with E-state index in [1.807, 2.05) is 111 Å². The molecule has 1 unspecified atom stereocenters. The molecule has 0 spiro atoms. The number of nitrogens with zero attached hydrogens (tertiary/aromatic N) is 7. The van der Waals surface area contributed by atoms with Crippen molar-refractivity contribution in [2.24, 2.45) is 0 Å². The lowest BCUT2D eigenvalue weighted by atomic mass is 9.80. The van der Waals surface area contributed by atoms with E-state index in [2.05, 4.69) is 16.0 Å². The van der Waals surface area contributed by atoms with Gasteiger partial charge in [0.1, 0.15) is 35.6 Å². The number of imidazole rings is 1. The number of halogens is 1. The first-order valence-electron chi connectivity index (χ1n) is 22.3. The quantitative estimate of drug-likeness (QED) is 0.0314. The third kappa shape index (κ3) is 9.28. The van der Waals surface area contributed by atoms with Crippen molar-refractivity contribution in [1.82, 2.24) is 28.7 Å². The Balaban J connectivity index is 1.16. The summed E-state index contributed by atoms with van der Waals surface area (Å²) in [6, 6.07) is 33.0. The number of alkyl halides is 1. The van der Waals surface area contributed by atoms with Crippen LogP contribution >= 0.6 is 8.53 Å². The Morgan fingerprint density at radius 1 is 0.794 bits per heavy atom. The zero-order valence-electron chi connectivity index (χ0n) is 38.6. The Labute approximate surface area is 394 Å². The van der Waals surface area contributed by atoms with Gasteiger partial charge in [-0.25, -0.2) is 19.0 Å². The number of methoxy groups -OCH3 is 2. The van der Waals surface area contributed by atoms with Crippen LogP contribution in [0.15, 0.2) is 121 Å². The number of rotatable bonds is 20. The average molecular weight is 946 g/mol. The minimum absolute atomic E-state index is 0.0407. The molecule has 0 bridgehead atoms. The molecule has 0 radical (unpaired) electrons. The molecule has 2 aliphatic rings. The van der Waals surface area contributed by atoms with E-state index < -0.39 is 56.1 Å². The third-order valence-corrected chi connectivity index (χ3v) is 14.2. The molecule has 354 valence electrons. The van der Waals surface area contributed by atoms with Crippen LogP contribution in [-0.2, 0) is 30.7 Å². The Kier molecular flexibility index (Phi) is 14.8. The first-order chi connectivity index (χ1) is 32.9. The van der Waals surface area contributed by atoms with E-state index in [4.69, 9.17) is 28.0 Å². The second-order valence-corrected chi connectivity index (χ2v) is 18.2. The average Bonchev–Trinajstić information content (AvgIpc) is 4.00. The summed E-state index contributed by atoms with van der Waals surface area (Å²) in [5.74, 6) is 0.383. The number of amides is 2. The SMILES string of the molecule is COc1ccc(C(OC[C@H]2O[C@@H](n3cnc4c(=O)n(CCN5C(=O)c6ccccc6C5=O)cnc43)[C@H](OP(OCCC#N)N(C(C)C)C(C)C)[C@@H]2F)(c2ccccc2)c2ccc(OC)cc2)cc1. The standard InChI is InChI=1S/C50H53FN7O9P/c1-32(2)58(33(3)4)68(65-28-12-25-52)67-44-42(51)41(29-64-50(34-13-8-7-9-14-34,35-17-21-37(62-5)22-18-35)36-19-23-38(63-6)24-20-36)66-49(44)57-31-53-43-45(57)54-30-55(48(43)61)26-27-56-46(59)39-15-10-11-16-40(39)47(56)60/h7-11,13-24,30-33,41-42,44,49H,12,26-29H2,1-6H3/t41-,42-,44-,49-,68?/m1/s1. The highest BCUT2D eigenvalue weighted by Gasteiger charge is 2.51. The van der Waals surface area contributed by atoms with Crippen LogP contribution in [0.1, 0.15) is 77.8 Å². The van der Waals surface area contributed by atoms with Gasteiger partial charge in [0, 0.05) is 25.2 Å². The number of benzene rings is 4. The van der Waals surface area contributed by atoms with Gasteiger partial charge in [-0.1, -0.05) is 66.7 Å². The minimum atomic E-state index is -1.99. The Hall–Kier alpha value is -6.38. The predicted molar refractivity (Wildman–Crippen MR) is 251 cm³/mol. The number of hydrogen-bond donors (Lipinski definition) is 0. The molecule has 2 aliphatic heterocycles. The molecule has 0 saturated carbocycles. The highest BCUT2D eigenvalue weighted by molar-refractivity contribution is 7.44. The fourth-order valence-corrected chi connectivity index (χ4v) is 10.5. The molecular formula is C50H53FN7O9P. The molecule has 1 saturated heterocycles. The van der Waals surface area contributed by atoms with Gasteiger partial charge in [-0.15, -0.1) is 0 Å². The molecule has 0 aliphatic carbocycles. The summed E-state index contributed by atoms with van der Waals surface area (Å²) in [6.45, 7) is 7.54. The van der Waals surface area contributed by atoms with E-state index >= 15 is 4.39 Å². The van der Waals surface area contributed by atoms with Gasteiger partial charge >= 0.3 is 0 Å². The summed E-state index contributed by atoms with van der Waals surface area (Å²) < 4.78 is 60.4. The molecule has 18 heteroatoms. The second-order valence-electron chi connectivity index (χ2n) is 16.8. The summed E-state index contributed by atoms with van der Waals surface area (Å²) in [4.78, 5) is 50.4. The van der Waals surface area contributed by atoms with Crippen LogP contribution in [-0.4, -0.2) is 105 Å². The number of ether oxygens (including phenoxy) is 4. The lowest BCUT2D eigenvalue weighted by Crippen LogP contribution is -2.39. The number of carbonyl (C=O) groups is 2. The van der Waals surface area contributed by atoms with Crippen molar-refractivity contribution in [3.63, 3.8) is 0 Å². The second kappa shape index (κ2) is 20.9. The maximum absolute atomic E-state index is 17.8. The molecular weight excluding hydrogens is 893 g/mol. The van der Waals surface area contributed by atoms with Gasteiger partial charge in [0.15, 0.2) is 23.6 Å². The topological polar surface area (TPSA) is 172 Å². The number of imide groups is 1. The van der Waals surface area contributed by atoms with Crippen molar-refractivity contribution >= 4 is 31.5 Å². The van der Waals surface area contributed by atoms with Gasteiger partial charge in [-0.3, -0.25) is 28.4 Å². The monoisotopic (exact) mass is 945 g/mol. The highest BCUT2D eigenvalue weighted by atomic mass is 31.2. The Bertz CT molecular complexity index is 2730. The third-order valence-electron chi connectivity index (χ3n) is 12.0. The van der Waals surface area contributed by atoms with Crippen LogP contribution in [0.2, 0.25) is 0 Å². The first kappa shape index (κ1) is 48.1. The van der Waals surface area contributed by atoms with Gasteiger partial charge < -0.3 is 28.0 Å². The number of aromatic nitrogens is 4. The first-order valence-corrected chi connectivity index (χ1v) is 23.4. The van der Waals surface area contributed by atoms with E-state index in [-0.39, 0.29) is 56.0 Å². The smallest absolute Gasteiger partial charge is 0.281 e. The van der Waals surface area contributed by atoms with Gasteiger partial charge in [-0.2, -0.15) is 5.26 Å². The van der Waals surface area contributed by atoms with E-state index in [9.17, 15) is 19.6 Å². The van der Waals surface area contributed by atoms with Crippen molar-refractivity contribution in [2.75, 3.05) is 34.0 Å². The zero-order chi connectivity index (χ0) is 48.1. The van der Waals surface area contributed by atoms with Crippen LogP contribution < -0.4 is 15.0 Å². The van der Waals surface area contributed by atoms with Crippen LogP contribution in [0, 0.1) is 11.3 Å². The Morgan fingerprint density at radius 3 is 1.93 bits per heavy atom. The molecule has 5 atom stereocenters. The van der Waals surface area contributed by atoms with Crippen molar-refractivity contribution in [3.05, 3.63) is 154 Å². The van der Waals surface area contributed by atoms with Crippen LogP contribution in [0.4, 0.5) is 4.39 Å². The highest BCUT2D eigenvalue weighted by Crippen LogP contribution is 2.52. The molecule has 2 amide bonds. The van der Waals surface area contributed by atoms with E-state index in [1.54, 1.807) is 38.5 Å². The zero-order valence-corrected chi connectivity index (χ0v) is 39.5. The maximum Gasteiger partial charge on any atom is 0.281 e. The van der Waals surface area contributed by atoms with E-state index in [0.29, 0.717) is 22.6 Å². The lowest BCUT2D eigenvalue weighted by Gasteiger charge is -2.38. The minimum Gasteiger partial charge on any atom is -0.497 e. The van der Waals surface area contributed by atoms with E-state index in [1.165, 1.54) is 21.8 Å². The molecule has 0 N–H and O–H groups in total. The number of hydrogen-bond acceptors (Lipinski definition) is 13. The summed E-state index contributed by atoms with van der Waals surface area (Å²) in [7, 11) is 1.18. The summed E-state index contributed by atoms with van der Waals surface area (Å²) >= 11 is 0. The molecule has 8 rings (SSSR count). The Morgan fingerprint density at radius 2 is 1.37 bits per heavy atom. The van der Waals surface area contributed by atoms with Gasteiger partial charge in [-0.05, 0) is 80.8 Å². The fourth-order valence-electron chi connectivity index (χ4n) is 8.79. The van der Waals surface area contributed by atoms with E-state index in [0.717, 1.165) is 21.6 Å². The molecule has 2 aromatic heterocycles. The van der Waals surface area contributed by atoms with Crippen molar-refractivity contribution in [1.29, 1.82) is 5.26 Å². The largest absolute Gasteiger partial charge is 0.497 e. The predicted octanol–water partition coefficient (Wildman–Crippen LogP) is 7.81. The van der Waals surface area contributed by atoms with Gasteiger partial charge in [0.2, 0.25) is 0 Å². The molecule has 68 heavy (non-hydrogen) atoms. The maximum atomic E-state index is 17.8. The van der Waals surface area contributed by atoms with Crippen molar-refractivity contribution in [3.8, 4) is 17.6 Å². The summed E-state index contributed by atoms with van der Waals surface area (Å²) in [5.41, 5.74) is 1.02. The van der Waals surface area contributed by atoms with Crippen LogP contribution in [0.25, 0.3) is 11.2 Å². The normalized spacial score (nSPS) is 18.8. The van der Waals surface area contributed by atoms with Crippen molar-refractivity contribution < 1.29 is 42.0 Å². The summed E-state index contributed by atoms with van der Waals surface area (Å²) in [5, 5.41) is 9.42. The molecule has 1 fully saturated rings. The number of carbonyl (C=O) groups excluding carboxylic acids is 2. The number of fused-ring (bicyclic) bond motifs is 2. The fraction of sp³-hybridized carbons (Fsp3) is 0.360. The lowest BCUT2D eigenvalue weighted by molar-refractivity contribution is -0.0888. The molecule has 16 nitrogen and oxygen atoms in total.